The van der Waals surface area contributed by atoms with Crippen molar-refractivity contribution in [3.63, 3.8) is 0 Å². The molecule has 0 unspecified atom stereocenters. The number of imidazole rings is 1. The highest BCUT2D eigenvalue weighted by Gasteiger charge is 2.33. The number of hydrogen-bond acceptors (Lipinski definition) is 2. The maximum absolute atomic E-state index is 4.77. The van der Waals surface area contributed by atoms with Crippen LogP contribution >= 0.6 is 0 Å². The van der Waals surface area contributed by atoms with Gasteiger partial charge in [-0.15, -0.1) is 0 Å². The van der Waals surface area contributed by atoms with E-state index in [4.69, 9.17) is 4.98 Å². The molecule has 2 aliphatic rings. The molecule has 0 saturated heterocycles. The summed E-state index contributed by atoms with van der Waals surface area (Å²) in [6.45, 7) is 6.68. The molecule has 3 rings (SSSR count). The Labute approximate surface area is 104 Å². The van der Waals surface area contributed by atoms with Crippen LogP contribution in [0.2, 0.25) is 0 Å². The van der Waals surface area contributed by atoms with Gasteiger partial charge >= 0.3 is 0 Å². The predicted octanol–water partition coefficient (Wildman–Crippen LogP) is 2.52. The van der Waals surface area contributed by atoms with Crippen molar-refractivity contribution in [3.8, 4) is 0 Å². The molecule has 3 heteroatoms. The van der Waals surface area contributed by atoms with Crippen LogP contribution in [0.25, 0.3) is 0 Å². The molecule has 3 nitrogen and oxygen atoms in total. The van der Waals surface area contributed by atoms with Crippen LogP contribution in [0.5, 0.6) is 0 Å². The first-order valence-corrected chi connectivity index (χ1v) is 6.99. The molecule has 94 valence electrons. The van der Waals surface area contributed by atoms with Crippen molar-refractivity contribution in [2.75, 3.05) is 6.54 Å². The minimum Gasteiger partial charge on any atom is -0.326 e. The topological polar surface area (TPSA) is 29.9 Å². The third-order valence-corrected chi connectivity index (χ3v) is 4.52. The minimum absolute atomic E-state index is 0.334. The van der Waals surface area contributed by atoms with Crippen molar-refractivity contribution < 1.29 is 0 Å². The standard InChI is InChI=1S/C14H23N3/c1-11-16-12-10-15-9-6-13(12)17(11)14(2)7-4-3-5-8-14/h15H,3-10H2,1-2H3. The molecule has 1 saturated carbocycles. The summed E-state index contributed by atoms with van der Waals surface area (Å²) in [4.78, 5) is 4.77. The normalized spacial score (nSPS) is 23.4. The van der Waals surface area contributed by atoms with Crippen molar-refractivity contribution in [3.05, 3.63) is 17.2 Å². The van der Waals surface area contributed by atoms with Crippen LogP contribution in [0.4, 0.5) is 0 Å². The van der Waals surface area contributed by atoms with Gasteiger partial charge in [0, 0.05) is 30.7 Å². The molecule has 1 N–H and O–H groups in total. The first-order valence-electron chi connectivity index (χ1n) is 6.99. The Bertz CT molecular complexity index is 413. The average molecular weight is 233 g/mol. The van der Waals surface area contributed by atoms with Gasteiger partial charge in [0.1, 0.15) is 5.82 Å². The van der Waals surface area contributed by atoms with E-state index in [-0.39, 0.29) is 0 Å². The van der Waals surface area contributed by atoms with Crippen LogP contribution in [0.1, 0.15) is 56.2 Å². The average Bonchev–Trinajstić information content (AvgIpc) is 2.66. The molecule has 1 aliphatic heterocycles. The summed E-state index contributed by atoms with van der Waals surface area (Å²) in [5, 5.41) is 3.42. The molecule has 1 fully saturated rings. The zero-order chi connectivity index (χ0) is 11.9. The fraction of sp³-hybridized carbons (Fsp3) is 0.786. The Morgan fingerprint density at radius 3 is 2.76 bits per heavy atom. The summed E-state index contributed by atoms with van der Waals surface area (Å²) in [6.07, 6.45) is 7.95. The lowest BCUT2D eigenvalue weighted by Gasteiger charge is -2.38. The number of rotatable bonds is 1. The molecule has 0 bridgehead atoms. The first kappa shape index (κ1) is 11.3. The number of aromatic nitrogens is 2. The van der Waals surface area contributed by atoms with Crippen molar-refractivity contribution in [2.45, 2.75) is 64.5 Å². The number of hydrogen-bond donors (Lipinski definition) is 1. The summed E-state index contributed by atoms with van der Waals surface area (Å²) >= 11 is 0. The van der Waals surface area contributed by atoms with E-state index >= 15 is 0 Å². The Kier molecular flexibility index (Phi) is 2.74. The fourth-order valence-electron chi connectivity index (χ4n) is 3.70. The van der Waals surface area contributed by atoms with Crippen LogP contribution in [0.15, 0.2) is 0 Å². The number of nitrogens with one attached hydrogen (secondary N) is 1. The second-order valence-electron chi connectivity index (χ2n) is 5.87. The van der Waals surface area contributed by atoms with Gasteiger partial charge in [0.15, 0.2) is 0 Å². The lowest BCUT2D eigenvalue weighted by molar-refractivity contribution is 0.209. The molecule has 1 aromatic heterocycles. The fourth-order valence-corrected chi connectivity index (χ4v) is 3.70. The summed E-state index contributed by atoms with van der Waals surface area (Å²) in [6, 6.07) is 0. The molecule has 0 amide bonds. The molecule has 1 aliphatic carbocycles. The highest BCUT2D eigenvalue weighted by atomic mass is 15.2. The van der Waals surface area contributed by atoms with Gasteiger partial charge in [-0.2, -0.15) is 0 Å². The molecule has 0 aromatic carbocycles. The lowest BCUT2D eigenvalue weighted by Crippen LogP contribution is -2.36. The quantitative estimate of drug-likeness (QED) is 0.807. The largest absolute Gasteiger partial charge is 0.326 e. The zero-order valence-electron chi connectivity index (χ0n) is 11.1. The number of nitrogens with zero attached hydrogens (tertiary/aromatic N) is 2. The second-order valence-corrected chi connectivity index (χ2v) is 5.87. The third-order valence-electron chi connectivity index (χ3n) is 4.52. The Morgan fingerprint density at radius 2 is 2.00 bits per heavy atom. The first-order chi connectivity index (χ1) is 8.21. The van der Waals surface area contributed by atoms with E-state index in [9.17, 15) is 0 Å². The third kappa shape index (κ3) is 1.81. The molecule has 2 heterocycles. The van der Waals surface area contributed by atoms with Gasteiger partial charge in [0.05, 0.1) is 5.69 Å². The van der Waals surface area contributed by atoms with Crippen molar-refractivity contribution in [2.24, 2.45) is 0 Å². The van der Waals surface area contributed by atoms with E-state index in [0.29, 0.717) is 5.54 Å². The van der Waals surface area contributed by atoms with Gasteiger partial charge < -0.3 is 9.88 Å². The van der Waals surface area contributed by atoms with Crippen molar-refractivity contribution in [1.82, 2.24) is 14.9 Å². The van der Waals surface area contributed by atoms with Crippen LogP contribution in [-0.4, -0.2) is 16.1 Å². The summed E-state index contributed by atoms with van der Waals surface area (Å²) in [7, 11) is 0. The smallest absolute Gasteiger partial charge is 0.106 e. The number of fused-ring (bicyclic) bond motifs is 1. The molecule has 0 radical (unpaired) electrons. The van der Waals surface area contributed by atoms with E-state index in [1.54, 1.807) is 0 Å². The molecular weight excluding hydrogens is 210 g/mol. The highest BCUT2D eigenvalue weighted by molar-refractivity contribution is 5.22. The van der Waals surface area contributed by atoms with Crippen molar-refractivity contribution >= 4 is 0 Å². The minimum atomic E-state index is 0.334. The van der Waals surface area contributed by atoms with E-state index < -0.39 is 0 Å². The van der Waals surface area contributed by atoms with E-state index in [0.717, 1.165) is 19.5 Å². The maximum atomic E-state index is 4.77. The summed E-state index contributed by atoms with van der Waals surface area (Å²) in [5.41, 5.74) is 3.13. The summed E-state index contributed by atoms with van der Waals surface area (Å²) in [5.74, 6) is 1.23. The number of aryl methyl sites for hydroxylation is 1. The molecule has 0 spiro atoms. The van der Waals surface area contributed by atoms with E-state index in [2.05, 4.69) is 23.7 Å². The summed E-state index contributed by atoms with van der Waals surface area (Å²) < 4.78 is 2.57. The maximum Gasteiger partial charge on any atom is 0.106 e. The van der Waals surface area contributed by atoms with Gasteiger partial charge in [-0.05, 0) is 26.7 Å². The SMILES string of the molecule is Cc1nc2c(n1C1(C)CCCCC1)CCNC2. The van der Waals surface area contributed by atoms with Gasteiger partial charge in [0.2, 0.25) is 0 Å². The van der Waals surface area contributed by atoms with Crippen molar-refractivity contribution in [1.29, 1.82) is 0 Å². The Morgan fingerprint density at radius 1 is 1.24 bits per heavy atom. The Hall–Kier alpha value is -0.830. The molecule has 17 heavy (non-hydrogen) atoms. The van der Waals surface area contributed by atoms with E-state index in [1.807, 2.05) is 0 Å². The van der Waals surface area contributed by atoms with Gasteiger partial charge in [-0.3, -0.25) is 0 Å². The predicted molar refractivity (Wildman–Crippen MR) is 69.1 cm³/mol. The monoisotopic (exact) mass is 233 g/mol. The molecule has 1 aromatic rings. The van der Waals surface area contributed by atoms with Crippen LogP contribution in [-0.2, 0) is 18.5 Å². The van der Waals surface area contributed by atoms with Gasteiger partial charge in [0.25, 0.3) is 0 Å². The molecular formula is C14H23N3. The second kappa shape index (κ2) is 4.13. The van der Waals surface area contributed by atoms with Crippen LogP contribution in [0, 0.1) is 6.92 Å². The van der Waals surface area contributed by atoms with Gasteiger partial charge in [-0.1, -0.05) is 19.3 Å². The molecule has 0 atom stereocenters. The highest BCUT2D eigenvalue weighted by Crippen LogP contribution is 2.37. The zero-order valence-corrected chi connectivity index (χ0v) is 11.1. The van der Waals surface area contributed by atoms with Gasteiger partial charge in [-0.25, -0.2) is 4.98 Å². The van der Waals surface area contributed by atoms with Crippen LogP contribution in [0.3, 0.4) is 0 Å². The van der Waals surface area contributed by atoms with E-state index in [1.165, 1.54) is 49.3 Å². The Balaban J connectivity index is 2.04. The lowest BCUT2D eigenvalue weighted by atomic mass is 9.82. The van der Waals surface area contributed by atoms with Crippen LogP contribution < -0.4 is 5.32 Å².